The standard InChI is InChI=1S/C20H28FNO3/c1-3-25-20(11-4-5-12-20)19(23)22(2)17-10-13-24-18(14-17)15-6-8-16(21)9-7-15/h6-9,17-18H,3-5,10-14H2,1-2H3/t17-,18+/m1/s1. The molecule has 1 aliphatic heterocycles. The zero-order valence-corrected chi connectivity index (χ0v) is 15.2. The maximum Gasteiger partial charge on any atom is 0.254 e. The second-order valence-electron chi connectivity index (χ2n) is 7.14. The highest BCUT2D eigenvalue weighted by atomic mass is 19.1. The average Bonchev–Trinajstić information content (AvgIpc) is 3.11. The number of rotatable bonds is 5. The molecule has 1 aliphatic carbocycles. The van der Waals surface area contributed by atoms with Crippen LogP contribution in [0.3, 0.4) is 0 Å². The minimum atomic E-state index is -0.632. The summed E-state index contributed by atoms with van der Waals surface area (Å²) in [4.78, 5) is 15.0. The first-order valence-corrected chi connectivity index (χ1v) is 9.34. The Balaban J connectivity index is 1.69. The van der Waals surface area contributed by atoms with Gasteiger partial charge in [-0.3, -0.25) is 4.79 Å². The first-order valence-electron chi connectivity index (χ1n) is 9.34. The molecule has 138 valence electrons. The molecule has 0 unspecified atom stereocenters. The number of carbonyl (C=O) groups is 1. The summed E-state index contributed by atoms with van der Waals surface area (Å²) in [7, 11) is 1.89. The molecule has 2 fully saturated rings. The lowest BCUT2D eigenvalue weighted by molar-refractivity contribution is -0.161. The lowest BCUT2D eigenvalue weighted by atomic mass is 9.94. The molecule has 0 bridgehead atoms. The Morgan fingerprint density at radius 3 is 2.64 bits per heavy atom. The number of carbonyl (C=O) groups excluding carboxylic acids is 1. The molecule has 0 spiro atoms. The number of amides is 1. The maximum absolute atomic E-state index is 13.2. The minimum Gasteiger partial charge on any atom is -0.373 e. The Labute approximate surface area is 149 Å². The fourth-order valence-corrected chi connectivity index (χ4v) is 4.17. The molecule has 2 atom stereocenters. The number of nitrogens with zero attached hydrogens (tertiary/aromatic N) is 1. The van der Waals surface area contributed by atoms with Gasteiger partial charge in [0.1, 0.15) is 11.4 Å². The molecular formula is C20H28FNO3. The number of halogens is 1. The van der Waals surface area contributed by atoms with Gasteiger partial charge in [0.15, 0.2) is 0 Å². The maximum atomic E-state index is 13.2. The van der Waals surface area contributed by atoms with E-state index < -0.39 is 5.60 Å². The summed E-state index contributed by atoms with van der Waals surface area (Å²) in [5.41, 5.74) is 0.333. The highest BCUT2D eigenvalue weighted by Crippen LogP contribution is 2.37. The zero-order chi connectivity index (χ0) is 17.9. The lowest BCUT2D eigenvalue weighted by Gasteiger charge is -2.40. The van der Waals surface area contributed by atoms with E-state index in [9.17, 15) is 9.18 Å². The Bertz CT molecular complexity index is 583. The molecule has 5 heteroatoms. The van der Waals surface area contributed by atoms with Gasteiger partial charge in [-0.05, 0) is 63.1 Å². The van der Waals surface area contributed by atoms with Crippen molar-refractivity contribution in [3.63, 3.8) is 0 Å². The van der Waals surface area contributed by atoms with Crippen LogP contribution in [0.25, 0.3) is 0 Å². The second kappa shape index (κ2) is 7.83. The molecule has 1 saturated carbocycles. The van der Waals surface area contributed by atoms with Crippen molar-refractivity contribution in [1.29, 1.82) is 0 Å². The smallest absolute Gasteiger partial charge is 0.254 e. The van der Waals surface area contributed by atoms with Crippen LogP contribution in [0, 0.1) is 5.82 Å². The van der Waals surface area contributed by atoms with Crippen LogP contribution >= 0.6 is 0 Å². The van der Waals surface area contributed by atoms with E-state index in [4.69, 9.17) is 9.47 Å². The molecule has 4 nitrogen and oxygen atoms in total. The summed E-state index contributed by atoms with van der Waals surface area (Å²) in [6.07, 6.45) is 5.18. The predicted octanol–water partition coefficient (Wildman–Crippen LogP) is 3.85. The third-order valence-electron chi connectivity index (χ3n) is 5.59. The first-order chi connectivity index (χ1) is 12.1. The highest BCUT2D eigenvalue weighted by Gasteiger charge is 2.45. The molecule has 0 aromatic heterocycles. The SMILES string of the molecule is CCOC1(C(=O)N(C)[C@@H]2CCO[C@H](c3ccc(F)cc3)C2)CCCC1. The van der Waals surface area contributed by atoms with E-state index in [0.29, 0.717) is 13.2 Å². The Morgan fingerprint density at radius 1 is 1.32 bits per heavy atom. The Kier molecular flexibility index (Phi) is 5.74. The van der Waals surface area contributed by atoms with E-state index in [2.05, 4.69) is 0 Å². The average molecular weight is 349 g/mol. The monoisotopic (exact) mass is 349 g/mol. The van der Waals surface area contributed by atoms with Gasteiger partial charge in [0.2, 0.25) is 0 Å². The van der Waals surface area contributed by atoms with Gasteiger partial charge in [-0.2, -0.15) is 0 Å². The highest BCUT2D eigenvalue weighted by molar-refractivity contribution is 5.85. The van der Waals surface area contributed by atoms with Crippen molar-refractivity contribution < 1.29 is 18.7 Å². The van der Waals surface area contributed by atoms with Crippen molar-refractivity contribution in [3.05, 3.63) is 35.6 Å². The summed E-state index contributed by atoms with van der Waals surface area (Å²) in [6, 6.07) is 6.57. The molecule has 3 rings (SSSR count). The van der Waals surface area contributed by atoms with Gasteiger partial charge in [0, 0.05) is 26.3 Å². The summed E-state index contributed by atoms with van der Waals surface area (Å²) >= 11 is 0. The van der Waals surface area contributed by atoms with Gasteiger partial charge < -0.3 is 14.4 Å². The van der Waals surface area contributed by atoms with Crippen LogP contribution in [0.5, 0.6) is 0 Å². The number of benzene rings is 1. The van der Waals surface area contributed by atoms with Crippen LogP contribution in [-0.4, -0.2) is 42.7 Å². The number of likely N-dealkylation sites (N-methyl/N-ethyl adjacent to an activating group) is 1. The van der Waals surface area contributed by atoms with Gasteiger partial charge in [0.25, 0.3) is 5.91 Å². The van der Waals surface area contributed by atoms with E-state index >= 15 is 0 Å². The molecule has 2 aliphatic rings. The number of hydrogen-bond acceptors (Lipinski definition) is 3. The van der Waals surface area contributed by atoms with Crippen LogP contribution in [0.2, 0.25) is 0 Å². The Hall–Kier alpha value is -1.46. The van der Waals surface area contributed by atoms with Gasteiger partial charge in [-0.15, -0.1) is 0 Å². The molecule has 25 heavy (non-hydrogen) atoms. The zero-order valence-electron chi connectivity index (χ0n) is 15.2. The lowest BCUT2D eigenvalue weighted by Crippen LogP contribution is -2.52. The van der Waals surface area contributed by atoms with Crippen LogP contribution in [0.1, 0.15) is 57.1 Å². The molecule has 0 radical (unpaired) electrons. The largest absolute Gasteiger partial charge is 0.373 e. The van der Waals surface area contributed by atoms with Crippen LogP contribution in [0.15, 0.2) is 24.3 Å². The minimum absolute atomic E-state index is 0.0961. The number of ether oxygens (including phenoxy) is 2. The third kappa shape index (κ3) is 3.87. The van der Waals surface area contributed by atoms with Crippen LogP contribution in [0.4, 0.5) is 4.39 Å². The van der Waals surface area contributed by atoms with Gasteiger partial charge in [-0.25, -0.2) is 4.39 Å². The predicted molar refractivity (Wildman–Crippen MR) is 93.7 cm³/mol. The molecular weight excluding hydrogens is 321 g/mol. The fourth-order valence-electron chi connectivity index (χ4n) is 4.17. The first kappa shape index (κ1) is 18.3. The summed E-state index contributed by atoms with van der Waals surface area (Å²) in [5.74, 6) is -0.139. The summed E-state index contributed by atoms with van der Waals surface area (Å²) in [5, 5.41) is 0. The van der Waals surface area contributed by atoms with Gasteiger partial charge in [0.05, 0.1) is 6.10 Å². The van der Waals surface area contributed by atoms with Crippen LogP contribution in [-0.2, 0) is 14.3 Å². The van der Waals surface area contributed by atoms with Gasteiger partial charge in [-0.1, -0.05) is 12.1 Å². The van der Waals surface area contributed by atoms with Crippen molar-refractivity contribution in [1.82, 2.24) is 4.90 Å². The molecule has 1 amide bonds. The van der Waals surface area contributed by atoms with E-state index in [0.717, 1.165) is 44.1 Å². The third-order valence-corrected chi connectivity index (χ3v) is 5.59. The molecule has 1 saturated heterocycles. The topological polar surface area (TPSA) is 38.8 Å². The summed E-state index contributed by atoms with van der Waals surface area (Å²) in [6.45, 7) is 3.11. The molecule has 1 aromatic rings. The Morgan fingerprint density at radius 2 is 2.00 bits per heavy atom. The number of hydrogen-bond donors (Lipinski definition) is 0. The van der Waals surface area contributed by atoms with Crippen molar-refractivity contribution in [3.8, 4) is 0 Å². The van der Waals surface area contributed by atoms with Crippen molar-refractivity contribution in [2.24, 2.45) is 0 Å². The summed E-state index contributed by atoms with van der Waals surface area (Å²) < 4.78 is 24.9. The van der Waals surface area contributed by atoms with E-state index in [1.165, 1.54) is 12.1 Å². The molecule has 0 N–H and O–H groups in total. The van der Waals surface area contributed by atoms with E-state index in [1.807, 2.05) is 18.9 Å². The fraction of sp³-hybridized carbons (Fsp3) is 0.650. The molecule has 1 heterocycles. The molecule has 1 aromatic carbocycles. The van der Waals surface area contributed by atoms with Crippen LogP contribution < -0.4 is 0 Å². The van der Waals surface area contributed by atoms with Crippen molar-refractivity contribution in [2.45, 2.75) is 63.2 Å². The second-order valence-corrected chi connectivity index (χ2v) is 7.14. The normalized spacial score (nSPS) is 25.7. The van der Waals surface area contributed by atoms with Crippen molar-refractivity contribution in [2.75, 3.05) is 20.3 Å². The van der Waals surface area contributed by atoms with E-state index in [1.54, 1.807) is 12.1 Å². The van der Waals surface area contributed by atoms with E-state index in [-0.39, 0.29) is 23.9 Å². The quantitative estimate of drug-likeness (QED) is 0.810. The van der Waals surface area contributed by atoms with Gasteiger partial charge >= 0.3 is 0 Å². The van der Waals surface area contributed by atoms with Crippen molar-refractivity contribution >= 4 is 5.91 Å².